The molecule has 2 aromatic rings. The molecule has 0 spiro atoms. The molecule has 0 unspecified atom stereocenters. The van der Waals surface area contributed by atoms with Crippen molar-refractivity contribution in [3.8, 4) is 5.75 Å². The van der Waals surface area contributed by atoms with Gasteiger partial charge in [0.2, 0.25) is 5.91 Å². The Morgan fingerprint density at radius 3 is 2.49 bits per heavy atom. The van der Waals surface area contributed by atoms with Crippen LogP contribution >= 0.6 is 0 Å². The Bertz CT molecular complexity index is 1030. The first-order valence-corrected chi connectivity index (χ1v) is 13.0. The third kappa shape index (κ3) is 5.85. The number of rotatable bonds is 8. The van der Waals surface area contributed by atoms with Crippen LogP contribution in [0.25, 0.3) is 0 Å². The summed E-state index contributed by atoms with van der Waals surface area (Å²) in [5, 5.41) is 2.96. The monoisotopic (exact) mass is 480 g/mol. The molecule has 4 rings (SSSR count). The summed E-state index contributed by atoms with van der Waals surface area (Å²) < 4.78 is 19.9. The average Bonchev–Trinajstić information content (AvgIpc) is 3.40. The summed E-state index contributed by atoms with van der Waals surface area (Å²) in [5.41, 5.74) is 3.03. The molecule has 2 atom stereocenters. The lowest BCUT2D eigenvalue weighted by molar-refractivity contribution is -0.137. The highest BCUT2D eigenvalue weighted by molar-refractivity contribution is 5.81. The molecule has 1 fully saturated rings. The number of benzene rings is 2. The normalized spacial score (nSPS) is 18.9. The van der Waals surface area contributed by atoms with Gasteiger partial charge in [0.1, 0.15) is 11.6 Å². The molecule has 2 aliphatic rings. The first-order valence-electron chi connectivity index (χ1n) is 13.0. The second kappa shape index (κ2) is 11.2. The number of amides is 2. The highest BCUT2D eigenvalue weighted by Crippen LogP contribution is 2.40. The third-order valence-electron chi connectivity index (χ3n) is 7.14. The molecule has 2 amide bonds. The minimum absolute atomic E-state index is 0.0630. The Morgan fingerprint density at radius 1 is 1.11 bits per heavy atom. The van der Waals surface area contributed by atoms with Crippen LogP contribution < -0.4 is 10.1 Å². The number of fused-ring (bicyclic) bond motifs is 1. The summed E-state index contributed by atoms with van der Waals surface area (Å²) in [5.74, 6) is 0.805. The van der Waals surface area contributed by atoms with Crippen molar-refractivity contribution >= 4 is 11.8 Å². The van der Waals surface area contributed by atoms with E-state index in [0.29, 0.717) is 31.2 Å². The largest absolute Gasteiger partial charge is 0.481 e. The fraction of sp³-hybridized carbons (Fsp3) is 0.517. The summed E-state index contributed by atoms with van der Waals surface area (Å²) in [7, 11) is 0. The predicted molar refractivity (Wildman–Crippen MR) is 135 cm³/mol. The molecule has 35 heavy (non-hydrogen) atoms. The van der Waals surface area contributed by atoms with Gasteiger partial charge in [0.25, 0.3) is 5.91 Å². The van der Waals surface area contributed by atoms with Crippen molar-refractivity contribution in [1.82, 2.24) is 10.2 Å². The van der Waals surface area contributed by atoms with Gasteiger partial charge in [0, 0.05) is 19.0 Å². The highest BCUT2D eigenvalue weighted by Gasteiger charge is 2.36. The number of ether oxygens (including phenoxy) is 1. The summed E-state index contributed by atoms with van der Waals surface area (Å²) >= 11 is 0. The van der Waals surface area contributed by atoms with Gasteiger partial charge in [-0.15, -0.1) is 0 Å². The SMILES string of the molecule is CC[C@H](Oc1ccc2c(c1)[C@@H](c1ccc(F)cc1)N(C(=O)C1CCCC1)CC2)C(=O)NCC(C)C. The molecule has 1 saturated carbocycles. The van der Waals surface area contributed by atoms with Gasteiger partial charge >= 0.3 is 0 Å². The standard InChI is InChI=1S/C29H37FN2O3/c1-4-26(28(33)31-18-19(2)3)35-24-14-11-20-15-16-32(29(34)22-7-5-6-8-22)27(25(20)17-24)21-9-12-23(30)13-10-21/h9-14,17,19,22,26-27H,4-8,15-16,18H2,1-3H3,(H,31,33)/t26-,27+/m0/s1. The van der Waals surface area contributed by atoms with Crippen LogP contribution in [0.3, 0.4) is 0 Å². The zero-order chi connectivity index (χ0) is 24.9. The Hall–Kier alpha value is -2.89. The van der Waals surface area contributed by atoms with Gasteiger partial charge in [-0.25, -0.2) is 4.39 Å². The molecular weight excluding hydrogens is 443 g/mol. The van der Waals surface area contributed by atoms with Crippen LogP contribution in [0.2, 0.25) is 0 Å². The fourth-order valence-electron chi connectivity index (χ4n) is 5.22. The summed E-state index contributed by atoms with van der Waals surface area (Å²) in [6.07, 6.45) is 4.79. The maximum atomic E-state index is 13.7. The van der Waals surface area contributed by atoms with Crippen LogP contribution in [0.4, 0.5) is 4.39 Å². The maximum absolute atomic E-state index is 13.7. The van der Waals surface area contributed by atoms with Crippen LogP contribution in [0.5, 0.6) is 5.75 Å². The Kier molecular flexibility index (Phi) is 8.09. The maximum Gasteiger partial charge on any atom is 0.261 e. The van der Waals surface area contributed by atoms with E-state index in [1.807, 2.05) is 30.0 Å². The predicted octanol–water partition coefficient (Wildman–Crippen LogP) is 5.42. The number of hydrogen-bond acceptors (Lipinski definition) is 3. The van der Waals surface area contributed by atoms with Crippen molar-refractivity contribution in [2.45, 2.75) is 71.4 Å². The van der Waals surface area contributed by atoms with Crippen molar-refractivity contribution < 1.29 is 18.7 Å². The number of hydrogen-bond donors (Lipinski definition) is 1. The first kappa shape index (κ1) is 25.2. The number of halogens is 1. The molecule has 1 N–H and O–H groups in total. The molecule has 1 heterocycles. The molecule has 188 valence electrons. The topological polar surface area (TPSA) is 58.6 Å². The van der Waals surface area contributed by atoms with Gasteiger partial charge in [-0.1, -0.05) is 51.8 Å². The van der Waals surface area contributed by atoms with E-state index in [0.717, 1.165) is 48.8 Å². The summed E-state index contributed by atoms with van der Waals surface area (Å²) in [6.45, 7) is 7.29. The van der Waals surface area contributed by atoms with E-state index in [4.69, 9.17) is 4.74 Å². The van der Waals surface area contributed by atoms with Crippen molar-refractivity contribution in [3.05, 3.63) is 65.0 Å². The van der Waals surface area contributed by atoms with Crippen molar-refractivity contribution in [3.63, 3.8) is 0 Å². The van der Waals surface area contributed by atoms with E-state index in [1.165, 1.54) is 12.1 Å². The second-order valence-corrected chi connectivity index (χ2v) is 10.2. The Labute approximate surface area is 208 Å². The lowest BCUT2D eigenvalue weighted by Crippen LogP contribution is -2.43. The number of nitrogens with zero attached hydrogens (tertiary/aromatic N) is 1. The van der Waals surface area contributed by atoms with Gasteiger partial charge in [0.05, 0.1) is 6.04 Å². The summed E-state index contributed by atoms with van der Waals surface area (Å²) in [6, 6.07) is 12.1. The van der Waals surface area contributed by atoms with Crippen molar-refractivity contribution in [2.24, 2.45) is 11.8 Å². The van der Waals surface area contributed by atoms with Gasteiger partial charge < -0.3 is 15.0 Å². The second-order valence-electron chi connectivity index (χ2n) is 10.2. The first-order chi connectivity index (χ1) is 16.9. The Morgan fingerprint density at radius 2 is 1.83 bits per heavy atom. The van der Waals surface area contributed by atoms with Gasteiger partial charge in [-0.3, -0.25) is 9.59 Å². The quantitative estimate of drug-likeness (QED) is 0.549. The molecule has 0 saturated heterocycles. The number of carbonyl (C=O) groups excluding carboxylic acids is 2. The van der Waals surface area contributed by atoms with Gasteiger partial charge in [-0.2, -0.15) is 0 Å². The minimum Gasteiger partial charge on any atom is -0.481 e. The van der Waals surface area contributed by atoms with E-state index in [9.17, 15) is 14.0 Å². The van der Waals surface area contributed by atoms with Crippen LogP contribution in [0.15, 0.2) is 42.5 Å². The van der Waals surface area contributed by atoms with Crippen LogP contribution in [0.1, 0.15) is 75.6 Å². The highest BCUT2D eigenvalue weighted by atomic mass is 19.1. The average molecular weight is 481 g/mol. The van der Waals surface area contributed by atoms with Crippen LogP contribution in [0, 0.1) is 17.7 Å². The smallest absolute Gasteiger partial charge is 0.261 e. The third-order valence-corrected chi connectivity index (χ3v) is 7.14. The number of carbonyl (C=O) groups is 2. The molecule has 2 aromatic carbocycles. The Balaban J connectivity index is 1.64. The van der Waals surface area contributed by atoms with E-state index in [2.05, 4.69) is 19.2 Å². The van der Waals surface area contributed by atoms with E-state index < -0.39 is 6.10 Å². The minimum atomic E-state index is -0.587. The zero-order valence-electron chi connectivity index (χ0n) is 21.1. The van der Waals surface area contributed by atoms with Crippen molar-refractivity contribution in [2.75, 3.05) is 13.1 Å². The number of nitrogens with one attached hydrogen (secondary N) is 1. The molecule has 1 aliphatic heterocycles. The van der Waals surface area contributed by atoms with Crippen molar-refractivity contribution in [1.29, 1.82) is 0 Å². The van der Waals surface area contributed by atoms with Gasteiger partial charge in [0.15, 0.2) is 6.10 Å². The van der Waals surface area contributed by atoms with Crippen LogP contribution in [-0.2, 0) is 16.0 Å². The van der Waals surface area contributed by atoms with E-state index in [-0.39, 0.29) is 29.6 Å². The van der Waals surface area contributed by atoms with Crippen LogP contribution in [-0.4, -0.2) is 35.9 Å². The molecule has 0 radical (unpaired) electrons. The molecular formula is C29H37FN2O3. The molecule has 0 bridgehead atoms. The van der Waals surface area contributed by atoms with Gasteiger partial charge in [-0.05, 0) is 72.6 Å². The van der Waals surface area contributed by atoms with E-state index in [1.54, 1.807) is 12.1 Å². The molecule has 0 aromatic heterocycles. The lowest BCUT2D eigenvalue weighted by atomic mass is 9.87. The lowest BCUT2D eigenvalue weighted by Gasteiger charge is -2.39. The van der Waals surface area contributed by atoms with E-state index >= 15 is 0 Å². The zero-order valence-corrected chi connectivity index (χ0v) is 21.1. The summed E-state index contributed by atoms with van der Waals surface area (Å²) in [4.78, 5) is 28.2. The molecule has 5 nitrogen and oxygen atoms in total. The molecule has 1 aliphatic carbocycles. The fourth-order valence-corrected chi connectivity index (χ4v) is 5.22. The molecule has 6 heteroatoms.